The summed E-state index contributed by atoms with van der Waals surface area (Å²) in [6.45, 7) is 0.671. The zero-order valence-corrected chi connectivity index (χ0v) is 17.0. The van der Waals surface area contributed by atoms with Gasteiger partial charge in [-0.2, -0.15) is 0 Å². The van der Waals surface area contributed by atoms with Crippen LogP contribution in [0.3, 0.4) is 0 Å². The van der Waals surface area contributed by atoms with Crippen molar-refractivity contribution in [1.29, 1.82) is 0 Å². The highest BCUT2D eigenvalue weighted by Crippen LogP contribution is 2.15. The number of H-pyrrole nitrogens is 1. The summed E-state index contributed by atoms with van der Waals surface area (Å²) in [6.07, 6.45) is 0.685. The Morgan fingerprint density at radius 3 is 2.53 bits per heavy atom. The summed E-state index contributed by atoms with van der Waals surface area (Å²) in [5, 5.41) is 1.03. The number of para-hydroxylation sites is 1. The van der Waals surface area contributed by atoms with Gasteiger partial charge in [0.05, 0.1) is 17.4 Å². The van der Waals surface area contributed by atoms with Crippen molar-refractivity contribution >= 4 is 28.4 Å². The van der Waals surface area contributed by atoms with E-state index in [-0.39, 0.29) is 18.0 Å². The number of benzene rings is 3. The monoisotopic (exact) mass is 417 g/mol. The Kier molecular flexibility index (Phi) is 5.91. The van der Waals surface area contributed by atoms with Crippen LogP contribution in [0, 0.1) is 0 Å². The predicted molar refractivity (Wildman–Crippen MR) is 119 cm³/mol. The Labute approximate surface area is 179 Å². The maximum absolute atomic E-state index is 13.2. The number of hydrogen-bond acceptors (Lipinski definition) is 3. The molecule has 3 aromatic carbocycles. The van der Waals surface area contributed by atoms with Gasteiger partial charge in [0.25, 0.3) is 11.5 Å². The maximum atomic E-state index is 13.2. The molecular formula is C24H20ClN3O2. The summed E-state index contributed by atoms with van der Waals surface area (Å²) in [5.74, 6) is 0.284. The molecule has 1 amide bonds. The third-order valence-corrected chi connectivity index (χ3v) is 5.11. The lowest BCUT2D eigenvalue weighted by Crippen LogP contribution is -2.34. The minimum atomic E-state index is -0.214. The third-order valence-electron chi connectivity index (χ3n) is 4.87. The van der Waals surface area contributed by atoms with Crippen LogP contribution >= 0.6 is 11.6 Å². The lowest BCUT2D eigenvalue weighted by molar-refractivity contribution is 0.0741. The molecule has 4 rings (SSSR count). The second-order valence-corrected chi connectivity index (χ2v) is 7.44. The number of nitrogens with zero attached hydrogens (tertiary/aromatic N) is 2. The largest absolute Gasteiger partial charge is 0.331 e. The molecule has 0 unspecified atom stereocenters. The van der Waals surface area contributed by atoms with E-state index in [1.165, 1.54) is 0 Å². The molecule has 0 fully saturated rings. The first-order valence-electron chi connectivity index (χ1n) is 9.67. The van der Waals surface area contributed by atoms with E-state index in [1.54, 1.807) is 47.4 Å². The summed E-state index contributed by atoms with van der Waals surface area (Å²) in [5.41, 5.74) is 2.02. The van der Waals surface area contributed by atoms with Crippen molar-refractivity contribution in [3.05, 3.63) is 111 Å². The van der Waals surface area contributed by atoms with E-state index >= 15 is 0 Å². The molecule has 0 atom stereocenters. The fraction of sp³-hybridized carbons (Fsp3) is 0.125. The molecule has 0 saturated carbocycles. The van der Waals surface area contributed by atoms with Crippen LogP contribution in [0.25, 0.3) is 10.9 Å². The van der Waals surface area contributed by atoms with Gasteiger partial charge in [0.2, 0.25) is 0 Å². The molecule has 4 aromatic rings. The molecule has 0 saturated heterocycles. The van der Waals surface area contributed by atoms with Crippen molar-refractivity contribution in [2.45, 2.75) is 13.0 Å². The fourth-order valence-corrected chi connectivity index (χ4v) is 3.55. The Morgan fingerprint density at radius 2 is 1.73 bits per heavy atom. The van der Waals surface area contributed by atoms with Crippen LogP contribution in [0.15, 0.2) is 83.7 Å². The molecule has 0 spiro atoms. The lowest BCUT2D eigenvalue weighted by Gasteiger charge is -2.22. The highest BCUT2D eigenvalue weighted by atomic mass is 35.5. The summed E-state index contributed by atoms with van der Waals surface area (Å²) >= 11 is 6.08. The SMILES string of the molecule is O=C(c1cccc(Cl)c1)N(CCc1ccccc1)Cc1nc2ccccc2c(=O)[nH]1. The standard InChI is InChI=1S/C24H20ClN3O2/c25-19-10-6-9-18(15-19)24(30)28(14-13-17-7-2-1-3-8-17)16-22-26-21-12-5-4-11-20(21)23(29)27-22/h1-12,15H,13-14,16H2,(H,26,27,29). The number of hydrogen-bond donors (Lipinski definition) is 1. The molecule has 5 nitrogen and oxygen atoms in total. The van der Waals surface area contributed by atoms with Crippen LogP contribution in [0.4, 0.5) is 0 Å². The number of aromatic amines is 1. The van der Waals surface area contributed by atoms with E-state index in [4.69, 9.17) is 11.6 Å². The van der Waals surface area contributed by atoms with Crippen molar-refractivity contribution in [3.8, 4) is 0 Å². The van der Waals surface area contributed by atoms with Gasteiger partial charge in [0, 0.05) is 17.1 Å². The van der Waals surface area contributed by atoms with Crippen molar-refractivity contribution in [1.82, 2.24) is 14.9 Å². The quantitative estimate of drug-likeness (QED) is 0.503. The molecule has 1 N–H and O–H groups in total. The number of nitrogens with one attached hydrogen (secondary N) is 1. The van der Waals surface area contributed by atoms with Crippen LogP contribution < -0.4 is 5.56 Å². The second-order valence-electron chi connectivity index (χ2n) is 7.00. The zero-order valence-electron chi connectivity index (χ0n) is 16.2. The number of halogens is 1. The summed E-state index contributed by atoms with van der Waals surface area (Å²) in [7, 11) is 0. The highest BCUT2D eigenvalue weighted by molar-refractivity contribution is 6.30. The second kappa shape index (κ2) is 8.93. The number of aromatic nitrogens is 2. The van der Waals surface area contributed by atoms with Crippen LogP contribution in [-0.2, 0) is 13.0 Å². The Hall–Kier alpha value is -3.44. The van der Waals surface area contributed by atoms with E-state index < -0.39 is 0 Å². The number of fused-ring (bicyclic) bond motifs is 1. The maximum Gasteiger partial charge on any atom is 0.258 e. The number of carbonyl (C=O) groups excluding carboxylic acids is 1. The van der Waals surface area contributed by atoms with E-state index in [0.29, 0.717) is 40.3 Å². The molecule has 1 aromatic heterocycles. The summed E-state index contributed by atoms with van der Waals surface area (Å²) in [6, 6.07) is 24.0. The van der Waals surface area contributed by atoms with Gasteiger partial charge in [-0.25, -0.2) is 4.98 Å². The predicted octanol–water partition coefficient (Wildman–Crippen LogP) is 4.46. The molecule has 30 heavy (non-hydrogen) atoms. The van der Waals surface area contributed by atoms with Gasteiger partial charge in [-0.1, -0.05) is 60.1 Å². The van der Waals surface area contributed by atoms with Gasteiger partial charge in [-0.15, -0.1) is 0 Å². The van der Waals surface area contributed by atoms with Gasteiger partial charge in [0.15, 0.2) is 0 Å². The van der Waals surface area contributed by atoms with Crippen LogP contribution in [0.1, 0.15) is 21.7 Å². The molecular weight excluding hydrogens is 398 g/mol. The van der Waals surface area contributed by atoms with E-state index in [2.05, 4.69) is 9.97 Å². The molecule has 0 aliphatic rings. The molecule has 0 aliphatic heterocycles. The first-order valence-corrected chi connectivity index (χ1v) is 10.0. The fourth-order valence-electron chi connectivity index (χ4n) is 3.36. The smallest absolute Gasteiger partial charge is 0.258 e. The van der Waals surface area contributed by atoms with Crippen molar-refractivity contribution < 1.29 is 4.79 Å². The zero-order chi connectivity index (χ0) is 20.9. The number of carbonyl (C=O) groups is 1. The first kappa shape index (κ1) is 19.9. The van der Waals surface area contributed by atoms with Crippen LogP contribution in [0.2, 0.25) is 5.02 Å². The van der Waals surface area contributed by atoms with Crippen LogP contribution in [0.5, 0.6) is 0 Å². The van der Waals surface area contributed by atoms with Gasteiger partial charge < -0.3 is 9.88 Å². The van der Waals surface area contributed by atoms with Gasteiger partial charge in [-0.05, 0) is 42.3 Å². The molecule has 1 heterocycles. The lowest BCUT2D eigenvalue weighted by atomic mass is 10.1. The van der Waals surface area contributed by atoms with Crippen molar-refractivity contribution in [3.63, 3.8) is 0 Å². The minimum absolute atomic E-state index is 0.163. The van der Waals surface area contributed by atoms with E-state index in [9.17, 15) is 9.59 Å². The summed E-state index contributed by atoms with van der Waals surface area (Å²) in [4.78, 5) is 34.7. The van der Waals surface area contributed by atoms with Gasteiger partial charge in [0.1, 0.15) is 5.82 Å². The normalized spacial score (nSPS) is 10.8. The minimum Gasteiger partial charge on any atom is -0.331 e. The number of amides is 1. The van der Waals surface area contributed by atoms with Crippen molar-refractivity contribution in [2.75, 3.05) is 6.54 Å². The Balaban J connectivity index is 1.64. The summed E-state index contributed by atoms with van der Waals surface area (Å²) < 4.78 is 0. The Morgan fingerprint density at radius 1 is 0.967 bits per heavy atom. The van der Waals surface area contributed by atoms with Crippen molar-refractivity contribution in [2.24, 2.45) is 0 Å². The topological polar surface area (TPSA) is 66.1 Å². The first-order chi connectivity index (χ1) is 14.6. The average Bonchev–Trinajstić information content (AvgIpc) is 2.77. The van der Waals surface area contributed by atoms with Gasteiger partial charge in [-0.3, -0.25) is 9.59 Å². The van der Waals surface area contributed by atoms with E-state index in [0.717, 1.165) is 5.56 Å². The van der Waals surface area contributed by atoms with E-state index in [1.807, 2.05) is 36.4 Å². The third kappa shape index (κ3) is 4.58. The molecule has 6 heteroatoms. The molecule has 0 aliphatic carbocycles. The van der Waals surface area contributed by atoms with Crippen LogP contribution in [-0.4, -0.2) is 27.3 Å². The Bertz CT molecular complexity index is 1240. The highest BCUT2D eigenvalue weighted by Gasteiger charge is 2.18. The number of rotatable bonds is 6. The molecule has 0 radical (unpaired) electrons. The molecule has 0 bridgehead atoms. The average molecular weight is 418 g/mol. The van der Waals surface area contributed by atoms with Gasteiger partial charge >= 0.3 is 0 Å². The molecule has 150 valence electrons.